The third-order valence-electron chi connectivity index (χ3n) is 1.71. The molecule has 4 nitrogen and oxygen atoms in total. The summed E-state index contributed by atoms with van der Waals surface area (Å²) in [6, 6.07) is 5.06. The number of alkyl halides is 1. The number of para-hydroxylation sites is 1. The minimum absolute atomic E-state index is 0.221. The molecule has 0 amide bonds. The highest BCUT2D eigenvalue weighted by molar-refractivity contribution is 6.26. The van der Waals surface area contributed by atoms with E-state index in [9.17, 15) is 4.79 Å². The highest BCUT2D eigenvalue weighted by atomic mass is 35.5. The normalized spacial score (nSPS) is 9.53. The zero-order valence-electron chi connectivity index (χ0n) is 8.45. The molecule has 0 spiro atoms. The molecular weight excluding hydrogens is 220 g/mol. The van der Waals surface area contributed by atoms with Crippen LogP contribution >= 0.6 is 11.6 Å². The van der Waals surface area contributed by atoms with Crippen molar-refractivity contribution >= 4 is 17.6 Å². The molecule has 15 heavy (non-hydrogen) atoms. The van der Waals surface area contributed by atoms with Crippen molar-refractivity contribution in [3.8, 4) is 17.2 Å². The van der Waals surface area contributed by atoms with Crippen molar-refractivity contribution < 1.29 is 19.0 Å². The number of ether oxygens (including phenoxy) is 3. The summed E-state index contributed by atoms with van der Waals surface area (Å²) in [4.78, 5) is 11.1. The smallest absolute Gasteiger partial charge is 0.326 e. The van der Waals surface area contributed by atoms with Crippen molar-refractivity contribution in [3.05, 3.63) is 18.2 Å². The lowest BCUT2D eigenvalue weighted by atomic mass is 10.3. The second kappa shape index (κ2) is 5.46. The first-order valence-electron chi connectivity index (χ1n) is 4.20. The summed E-state index contributed by atoms with van der Waals surface area (Å²) in [5.74, 6) is 0.314. The fraction of sp³-hybridized carbons (Fsp3) is 0.300. The molecule has 0 atom stereocenters. The van der Waals surface area contributed by atoms with Crippen molar-refractivity contribution in [1.82, 2.24) is 0 Å². The van der Waals surface area contributed by atoms with Crippen LogP contribution in [-0.4, -0.2) is 26.1 Å². The van der Waals surface area contributed by atoms with Gasteiger partial charge in [-0.05, 0) is 12.1 Å². The first-order chi connectivity index (χ1) is 7.22. The molecule has 82 valence electrons. The van der Waals surface area contributed by atoms with Gasteiger partial charge in [-0.3, -0.25) is 4.79 Å². The number of rotatable bonds is 4. The first-order valence-corrected chi connectivity index (χ1v) is 4.74. The Hall–Kier alpha value is -1.42. The van der Waals surface area contributed by atoms with Gasteiger partial charge in [-0.2, -0.15) is 0 Å². The maximum atomic E-state index is 11.1. The van der Waals surface area contributed by atoms with E-state index in [-0.39, 0.29) is 11.6 Å². The Kier molecular flexibility index (Phi) is 4.24. The van der Waals surface area contributed by atoms with Crippen molar-refractivity contribution in [2.24, 2.45) is 0 Å². The van der Waals surface area contributed by atoms with E-state index in [0.29, 0.717) is 11.5 Å². The Balaban J connectivity index is 3.05. The van der Waals surface area contributed by atoms with Crippen LogP contribution < -0.4 is 14.2 Å². The summed E-state index contributed by atoms with van der Waals surface area (Å²) in [5.41, 5.74) is 0. The lowest BCUT2D eigenvalue weighted by Gasteiger charge is -2.11. The van der Waals surface area contributed by atoms with Crippen LogP contribution in [0.3, 0.4) is 0 Å². The summed E-state index contributed by atoms with van der Waals surface area (Å²) in [6.45, 7) is 0. The van der Waals surface area contributed by atoms with Gasteiger partial charge in [-0.1, -0.05) is 6.07 Å². The average Bonchev–Trinajstić information content (AvgIpc) is 2.29. The minimum Gasteiger partial charge on any atom is -0.493 e. The molecule has 0 N–H and O–H groups in total. The van der Waals surface area contributed by atoms with Crippen molar-refractivity contribution in [1.29, 1.82) is 0 Å². The number of esters is 1. The molecule has 1 aromatic rings. The molecule has 0 saturated carbocycles. The topological polar surface area (TPSA) is 44.8 Å². The number of hydrogen-bond acceptors (Lipinski definition) is 4. The molecule has 0 aromatic heterocycles. The monoisotopic (exact) mass is 230 g/mol. The Morgan fingerprint density at radius 2 is 1.80 bits per heavy atom. The highest BCUT2D eigenvalue weighted by Gasteiger charge is 2.14. The van der Waals surface area contributed by atoms with Gasteiger partial charge in [0.05, 0.1) is 14.2 Å². The van der Waals surface area contributed by atoms with E-state index in [1.807, 2.05) is 0 Å². The van der Waals surface area contributed by atoms with Gasteiger partial charge in [0, 0.05) is 0 Å². The molecule has 0 fully saturated rings. The van der Waals surface area contributed by atoms with Crippen molar-refractivity contribution in [2.45, 2.75) is 0 Å². The Morgan fingerprint density at radius 3 is 2.20 bits per heavy atom. The van der Waals surface area contributed by atoms with Crippen LogP contribution in [0.25, 0.3) is 0 Å². The van der Waals surface area contributed by atoms with Gasteiger partial charge in [0.2, 0.25) is 5.75 Å². The van der Waals surface area contributed by atoms with Gasteiger partial charge in [0.15, 0.2) is 11.5 Å². The van der Waals surface area contributed by atoms with Crippen molar-refractivity contribution in [3.63, 3.8) is 0 Å². The standard InChI is InChI=1S/C10H11ClO4/c1-13-7-4-3-5-8(14-2)10(7)15-9(12)6-11/h3-5H,6H2,1-2H3. The number of hydrogen-bond donors (Lipinski definition) is 0. The van der Waals surface area contributed by atoms with Gasteiger partial charge in [-0.15, -0.1) is 11.6 Å². The van der Waals surface area contributed by atoms with Crippen LogP contribution in [0.1, 0.15) is 0 Å². The SMILES string of the molecule is COc1cccc(OC)c1OC(=O)CCl. The predicted octanol–water partition coefficient (Wildman–Crippen LogP) is 1.85. The number of carbonyl (C=O) groups excluding carboxylic acids is 1. The van der Waals surface area contributed by atoms with Gasteiger partial charge in [-0.25, -0.2) is 0 Å². The van der Waals surface area contributed by atoms with Gasteiger partial charge >= 0.3 is 5.97 Å². The van der Waals surface area contributed by atoms with Gasteiger partial charge in [0.1, 0.15) is 5.88 Å². The second-order valence-electron chi connectivity index (χ2n) is 2.60. The van der Waals surface area contributed by atoms with Crippen LogP contribution in [0, 0.1) is 0 Å². The van der Waals surface area contributed by atoms with E-state index in [1.54, 1.807) is 18.2 Å². The molecule has 0 radical (unpaired) electrons. The Labute approximate surface area is 92.7 Å². The number of methoxy groups -OCH3 is 2. The molecule has 1 aromatic carbocycles. The molecule has 0 aliphatic heterocycles. The second-order valence-corrected chi connectivity index (χ2v) is 2.87. The zero-order valence-corrected chi connectivity index (χ0v) is 9.21. The number of carbonyl (C=O) groups is 1. The molecule has 0 bridgehead atoms. The average molecular weight is 231 g/mol. The largest absolute Gasteiger partial charge is 0.493 e. The quantitative estimate of drug-likeness (QED) is 0.450. The molecule has 0 aliphatic carbocycles. The lowest BCUT2D eigenvalue weighted by Crippen LogP contribution is -2.10. The Morgan fingerprint density at radius 1 is 1.27 bits per heavy atom. The van der Waals surface area contributed by atoms with Crippen LogP contribution in [0.15, 0.2) is 18.2 Å². The van der Waals surface area contributed by atoms with E-state index in [4.69, 9.17) is 25.8 Å². The van der Waals surface area contributed by atoms with Crippen LogP contribution in [0.2, 0.25) is 0 Å². The summed E-state index contributed by atoms with van der Waals surface area (Å²) in [6.07, 6.45) is 0. The van der Waals surface area contributed by atoms with Gasteiger partial charge in [0.25, 0.3) is 0 Å². The fourth-order valence-electron chi connectivity index (χ4n) is 1.06. The summed E-state index contributed by atoms with van der Waals surface area (Å²) >= 11 is 5.34. The molecule has 1 rings (SSSR count). The predicted molar refractivity (Wildman–Crippen MR) is 55.9 cm³/mol. The van der Waals surface area contributed by atoms with E-state index >= 15 is 0 Å². The molecular formula is C10H11ClO4. The number of halogens is 1. The molecule has 0 saturated heterocycles. The van der Waals surface area contributed by atoms with Crippen molar-refractivity contribution in [2.75, 3.05) is 20.1 Å². The van der Waals surface area contributed by atoms with E-state index in [1.165, 1.54) is 14.2 Å². The molecule has 5 heteroatoms. The minimum atomic E-state index is -0.556. The van der Waals surface area contributed by atoms with E-state index in [2.05, 4.69) is 0 Å². The number of benzene rings is 1. The molecule has 0 aliphatic rings. The van der Waals surface area contributed by atoms with Crippen LogP contribution in [0.4, 0.5) is 0 Å². The van der Waals surface area contributed by atoms with Crippen LogP contribution in [0.5, 0.6) is 17.2 Å². The molecule has 0 heterocycles. The molecule has 0 unspecified atom stereocenters. The highest BCUT2D eigenvalue weighted by Crippen LogP contribution is 2.36. The lowest BCUT2D eigenvalue weighted by molar-refractivity contribution is -0.131. The van der Waals surface area contributed by atoms with E-state index in [0.717, 1.165) is 0 Å². The summed E-state index contributed by atoms with van der Waals surface area (Å²) in [5, 5.41) is 0. The van der Waals surface area contributed by atoms with Gasteiger partial charge < -0.3 is 14.2 Å². The van der Waals surface area contributed by atoms with Crippen LogP contribution in [-0.2, 0) is 4.79 Å². The zero-order chi connectivity index (χ0) is 11.3. The third-order valence-corrected chi connectivity index (χ3v) is 1.93. The maximum Gasteiger partial charge on any atom is 0.326 e. The summed E-state index contributed by atoms with van der Waals surface area (Å²) < 4.78 is 15.1. The van der Waals surface area contributed by atoms with E-state index < -0.39 is 5.97 Å². The maximum absolute atomic E-state index is 11.1. The first kappa shape index (κ1) is 11.7. The Bertz CT molecular complexity index is 329. The third kappa shape index (κ3) is 2.76. The summed E-state index contributed by atoms with van der Waals surface area (Å²) in [7, 11) is 2.96. The fourth-order valence-corrected chi connectivity index (χ4v) is 1.11.